The number of thioether (sulfide) groups is 1. The maximum absolute atomic E-state index is 14.1. The minimum atomic E-state index is -0.342. The molecule has 0 bridgehead atoms. The summed E-state index contributed by atoms with van der Waals surface area (Å²) in [6.45, 7) is 12.6. The molecule has 0 aliphatic carbocycles. The van der Waals surface area contributed by atoms with Crippen LogP contribution < -0.4 is 5.32 Å². The summed E-state index contributed by atoms with van der Waals surface area (Å²) < 4.78 is 15.9. The zero-order valence-corrected chi connectivity index (χ0v) is 17.2. The Morgan fingerprint density at radius 2 is 2.04 bits per heavy atom. The van der Waals surface area contributed by atoms with Crippen LogP contribution in [0.5, 0.6) is 0 Å². The highest BCUT2D eigenvalue weighted by molar-refractivity contribution is 7.98. The van der Waals surface area contributed by atoms with Gasteiger partial charge in [0.15, 0.2) is 5.82 Å². The Kier molecular flexibility index (Phi) is 8.56. The number of hydrogen-bond donors (Lipinski definition) is 1. The number of aryl methyl sites for hydroxylation is 1. The molecule has 0 aliphatic heterocycles. The largest absolute Gasteiger partial charge is 0.300 e. The van der Waals surface area contributed by atoms with Gasteiger partial charge in [-0.2, -0.15) is 11.8 Å². The van der Waals surface area contributed by atoms with Gasteiger partial charge in [0.25, 0.3) is 0 Å². The molecule has 0 fully saturated rings. The third-order valence-corrected chi connectivity index (χ3v) is 4.40. The van der Waals surface area contributed by atoms with Gasteiger partial charge in [-0.15, -0.1) is 10.8 Å². The first kappa shape index (κ1) is 21.6. The summed E-state index contributed by atoms with van der Waals surface area (Å²) in [7, 11) is 0. The Balaban J connectivity index is 3.22. The third kappa shape index (κ3) is 6.77. The first-order valence-corrected chi connectivity index (χ1v) is 9.79. The van der Waals surface area contributed by atoms with E-state index in [4.69, 9.17) is 0 Å². The second-order valence-electron chi connectivity index (χ2n) is 7.08. The third-order valence-electron chi connectivity index (χ3n) is 3.81. The van der Waals surface area contributed by atoms with Crippen LogP contribution in [-0.2, 0) is 6.54 Å². The van der Waals surface area contributed by atoms with Crippen molar-refractivity contribution in [3.8, 4) is 0 Å². The van der Waals surface area contributed by atoms with E-state index >= 15 is 0 Å². The summed E-state index contributed by atoms with van der Waals surface area (Å²) in [5.74, 6) is 1.47. The van der Waals surface area contributed by atoms with Gasteiger partial charge in [-0.25, -0.2) is 9.07 Å². The van der Waals surface area contributed by atoms with Gasteiger partial charge in [0.1, 0.15) is 5.83 Å². The topological polar surface area (TPSA) is 55.6 Å². The Morgan fingerprint density at radius 3 is 2.60 bits per heavy atom. The molecule has 1 unspecified atom stereocenters. The van der Waals surface area contributed by atoms with E-state index in [2.05, 4.69) is 40.4 Å². The molecule has 1 aromatic heterocycles. The van der Waals surface area contributed by atoms with Gasteiger partial charge in [0.2, 0.25) is 0 Å². The van der Waals surface area contributed by atoms with Crippen molar-refractivity contribution in [1.29, 1.82) is 0 Å². The lowest BCUT2D eigenvalue weighted by atomic mass is 9.83. The molecule has 1 heterocycles. The quantitative estimate of drug-likeness (QED) is 0.667. The Morgan fingerprint density at radius 1 is 1.36 bits per heavy atom. The van der Waals surface area contributed by atoms with Crippen LogP contribution in [0.2, 0.25) is 0 Å². The highest BCUT2D eigenvalue weighted by Crippen LogP contribution is 2.33. The molecule has 1 rings (SSSR count). The predicted octanol–water partition coefficient (Wildman–Crippen LogP) is 4.08. The number of allylic oxidation sites excluding steroid dienone is 1. The van der Waals surface area contributed by atoms with Crippen LogP contribution in [0.1, 0.15) is 53.4 Å². The molecule has 1 aromatic rings. The van der Waals surface area contributed by atoms with Gasteiger partial charge < -0.3 is 5.32 Å². The zero-order chi connectivity index (χ0) is 19.0. The second-order valence-corrected chi connectivity index (χ2v) is 8.07. The van der Waals surface area contributed by atoms with Crippen LogP contribution in [0.15, 0.2) is 28.8 Å². The normalized spacial score (nSPS) is 12.5. The van der Waals surface area contributed by atoms with Crippen LogP contribution in [0.4, 0.5) is 4.39 Å². The summed E-state index contributed by atoms with van der Waals surface area (Å²) in [6, 6.07) is -0.235. The molecule has 140 valence electrons. The Labute approximate surface area is 154 Å². The second kappa shape index (κ2) is 9.90. The molecular weight excluding hydrogens is 337 g/mol. The standard InChI is InChI=1S/C18H30FN5S/c1-13(2)8-9-18(5,6)16(20-12-15(19)14(3)4)17-21-22-23-24(17)10-11-25-7/h9,16,20H,10-12H2,1-7H3. The van der Waals surface area contributed by atoms with E-state index in [0.717, 1.165) is 17.9 Å². The number of hydrogen-bond acceptors (Lipinski definition) is 5. The van der Waals surface area contributed by atoms with Crippen molar-refractivity contribution in [2.75, 3.05) is 18.6 Å². The molecule has 0 aromatic carbocycles. The molecule has 0 radical (unpaired) electrons. The fourth-order valence-corrected chi connectivity index (χ4v) is 2.58. The van der Waals surface area contributed by atoms with Crippen LogP contribution in [-0.4, -0.2) is 38.8 Å². The number of halogens is 1. The van der Waals surface area contributed by atoms with E-state index < -0.39 is 0 Å². The van der Waals surface area contributed by atoms with Gasteiger partial charge in [-0.3, -0.25) is 0 Å². The average molecular weight is 368 g/mol. The molecule has 0 spiro atoms. The van der Waals surface area contributed by atoms with Crippen molar-refractivity contribution in [2.24, 2.45) is 5.41 Å². The summed E-state index contributed by atoms with van der Waals surface area (Å²) >= 11 is 1.74. The van der Waals surface area contributed by atoms with E-state index in [1.165, 1.54) is 0 Å². The summed E-state index contributed by atoms with van der Waals surface area (Å²) in [5, 5.41) is 15.5. The van der Waals surface area contributed by atoms with Gasteiger partial charge in [-0.1, -0.05) is 13.8 Å². The molecule has 0 aliphatic rings. The molecule has 0 amide bonds. The SMILES string of the molecule is CSCCn1nnnc1C(NCC(F)=C(C)C)C(C)(C)C=C=C(C)C. The predicted molar refractivity (Wildman–Crippen MR) is 103 cm³/mol. The Bertz CT molecular complexity index is 648. The van der Waals surface area contributed by atoms with Crippen molar-refractivity contribution >= 4 is 11.8 Å². The molecule has 0 saturated carbocycles. The van der Waals surface area contributed by atoms with Crippen molar-refractivity contribution in [3.05, 3.63) is 34.6 Å². The molecular formula is C18H30FN5S. The van der Waals surface area contributed by atoms with Crippen molar-refractivity contribution in [3.63, 3.8) is 0 Å². The zero-order valence-electron chi connectivity index (χ0n) is 16.4. The smallest absolute Gasteiger partial charge is 0.169 e. The van der Waals surface area contributed by atoms with Crippen LogP contribution >= 0.6 is 11.8 Å². The molecule has 5 nitrogen and oxygen atoms in total. The van der Waals surface area contributed by atoms with Crippen molar-refractivity contribution in [1.82, 2.24) is 25.5 Å². The summed E-state index contributed by atoms with van der Waals surface area (Å²) in [4.78, 5) is 0. The molecule has 1 N–H and O–H groups in total. The van der Waals surface area contributed by atoms with E-state index in [0.29, 0.717) is 11.4 Å². The van der Waals surface area contributed by atoms with Crippen LogP contribution in [0.3, 0.4) is 0 Å². The van der Waals surface area contributed by atoms with E-state index in [1.807, 2.05) is 26.2 Å². The molecule has 1 atom stereocenters. The van der Waals surface area contributed by atoms with Gasteiger partial charge >= 0.3 is 0 Å². The number of rotatable bonds is 9. The lowest BCUT2D eigenvalue weighted by molar-refractivity contribution is 0.292. The minimum Gasteiger partial charge on any atom is -0.300 e. The fourth-order valence-electron chi connectivity index (χ4n) is 2.22. The summed E-state index contributed by atoms with van der Waals surface area (Å²) in [5.41, 5.74) is 4.68. The van der Waals surface area contributed by atoms with Crippen molar-refractivity contribution < 1.29 is 4.39 Å². The van der Waals surface area contributed by atoms with E-state index in [9.17, 15) is 4.39 Å². The molecule has 25 heavy (non-hydrogen) atoms. The number of nitrogens with one attached hydrogen (secondary N) is 1. The highest BCUT2D eigenvalue weighted by Gasteiger charge is 2.33. The lowest BCUT2D eigenvalue weighted by Gasteiger charge is -2.31. The van der Waals surface area contributed by atoms with Gasteiger partial charge in [-0.05, 0) is 61.6 Å². The van der Waals surface area contributed by atoms with Crippen molar-refractivity contribution in [2.45, 2.75) is 54.1 Å². The van der Waals surface area contributed by atoms with Gasteiger partial charge in [0, 0.05) is 17.7 Å². The number of aromatic nitrogens is 4. The van der Waals surface area contributed by atoms with E-state index in [-0.39, 0.29) is 23.8 Å². The fraction of sp³-hybridized carbons (Fsp3) is 0.667. The summed E-state index contributed by atoms with van der Waals surface area (Å²) in [6.07, 6.45) is 4.06. The highest BCUT2D eigenvalue weighted by atomic mass is 32.2. The maximum Gasteiger partial charge on any atom is 0.169 e. The maximum atomic E-state index is 14.1. The number of tetrazole rings is 1. The van der Waals surface area contributed by atoms with Crippen LogP contribution in [0, 0.1) is 5.41 Å². The molecule has 0 saturated heterocycles. The monoisotopic (exact) mass is 367 g/mol. The van der Waals surface area contributed by atoms with Gasteiger partial charge in [0.05, 0.1) is 12.6 Å². The number of nitrogens with zero attached hydrogens (tertiary/aromatic N) is 4. The first-order valence-electron chi connectivity index (χ1n) is 8.40. The lowest BCUT2D eigenvalue weighted by Crippen LogP contribution is -2.36. The van der Waals surface area contributed by atoms with E-state index in [1.54, 1.807) is 30.3 Å². The first-order chi connectivity index (χ1) is 11.7. The average Bonchev–Trinajstić information content (AvgIpc) is 2.98. The molecule has 7 heteroatoms. The minimum absolute atomic E-state index is 0.147. The van der Waals surface area contributed by atoms with Crippen LogP contribution in [0.25, 0.3) is 0 Å². The Hall–Kier alpha value is -1.43.